The molecule has 0 fully saturated rings. The zero-order valence-electron chi connectivity index (χ0n) is 13.9. The van der Waals surface area contributed by atoms with Gasteiger partial charge in [-0.25, -0.2) is 9.37 Å². The number of carbonyl (C=O) groups is 2. The van der Waals surface area contributed by atoms with Crippen molar-refractivity contribution in [1.82, 2.24) is 9.55 Å². The van der Waals surface area contributed by atoms with Gasteiger partial charge in [-0.05, 0) is 43.7 Å². The Bertz CT molecular complexity index is 1070. The average molecular weight is 374 g/mol. The lowest BCUT2D eigenvalue weighted by atomic mass is 10.2. The first-order chi connectivity index (χ1) is 12.3. The van der Waals surface area contributed by atoms with Gasteiger partial charge in [0.1, 0.15) is 16.7 Å². The molecule has 0 unspecified atom stereocenters. The van der Waals surface area contributed by atoms with E-state index in [1.54, 1.807) is 13.8 Å². The van der Waals surface area contributed by atoms with Crippen LogP contribution in [-0.4, -0.2) is 21.4 Å². The summed E-state index contributed by atoms with van der Waals surface area (Å²) < 4.78 is 14.1. The minimum Gasteiger partial charge on any atom is -0.365 e. The molecule has 2 amide bonds. The molecule has 1 aromatic carbocycles. The van der Waals surface area contributed by atoms with Gasteiger partial charge in [0, 0.05) is 5.69 Å². The number of aromatic nitrogens is 2. The SMILES string of the molecule is Cc1c(C(N)=O)sc2ncn([C@@H](C)C(=O)Nc3ccc(F)cc3)c(=O)c12. The molecule has 0 saturated heterocycles. The highest BCUT2D eigenvalue weighted by molar-refractivity contribution is 7.20. The van der Waals surface area contributed by atoms with Crippen LogP contribution in [0, 0.1) is 12.7 Å². The van der Waals surface area contributed by atoms with Gasteiger partial charge in [-0.3, -0.25) is 19.0 Å². The van der Waals surface area contributed by atoms with E-state index in [4.69, 9.17) is 5.73 Å². The Hall–Kier alpha value is -3.07. The molecular weight excluding hydrogens is 359 g/mol. The van der Waals surface area contributed by atoms with Crippen LogP contribution in [0.5, 0.6) is 0 Å². The molecule has 3 aromatic rings. The smallest absolute Gasteiger partial charge is 0.263 e. The van der Waals surface area contributed by atoms with Crippen LogP contribution in [0.15, 0.2) is 35.4 Å². The third kappa shape index (κ3) is 3.08. The second kappa shape index (κ2) is 6.68. The average Bonchev–Trinajstić information content (AvgIpc) is 2.94. The predicted molar refractivity (Wildman–Crippen MR) is 96.9 cm³/mol. The van der Waals surface area contributed by atoms with E-state index in [2.05, 4.69) is 10.3 Å². The number of rotatable bonds is 4. The van der Waals surface area contributed by atoms with Crippen molar-refractivity contribution in [1.29, 1.82) is 0 Å². The summed E-state index contributed by atoms with van der Waals surface area (Å²) in [5.41, 5.74) is 5.75. The molecule has 0 bridgehead atoms. The number of primary amides is 1. The Labute approximate surface area is 151 Å². The summed E-state index contributed by atoms with van der Waals surface area (Å²) in [6.45, 7) is 3.17. The zero-order chi connectivity index (χ0) is 19.0. The largest absolute Gasteiger partial charge is 0.365 e. The number of hydrogen-bond acceptors (Lipinski definition) is 5. The summed E-state index contributed by atoms with van der Waals surface area (Å²) in [5, 5.41) is 2.89. The van der Waals surface area contributed by atoms with Crippen LogP contribution in [0.4, 0.5) is 10.1 Å². The molecule has 0 aliphatic rings. The number of carbonyl (C=O) groups excluding carboxylic acids is 2. The Morgan fingerprint density at radius 2 is 1.96 bits per heavy atom. The van der Waals surface area contributed by atoms with E-state index in [-0.39, 0.29) is 10.3 Å². The summed E-state index contributed by atoms with van der Waals surface area (Å²) >= 11 is 1.04. The highest BCUT2D eigenvalue weighted by Gasteiger charge is 2.22. The number of nitrogens with two attached hydrogens (primary N) is 1. The standard InChI is InChI=1S/C17H15FN4O3S/c1-8-12-16(26-13(8)14(19)23)20-7-22(17(12)25)9(2)15(24)21-11-5-3-10(18)4-6-11/h3-7,9H,1-2H3,(H2,19,23)(H,21,24)/t9-/m0/s1. The van der Waals surface area contributed by atoms with E-state index in [9.17, 15) is 18.8 Å². The molecule has 26 heavy (non-hydrogen) atoms. The number of hydrogen-bond donors (Lipinski definition) is 2. The molecule has 0 saturated carbocycles. The van der Waals surface area contributed by atoms with Gasteiger partial charge < -0.3 is 11.1 Å². The van der Waals surface area contributed by atoms with E-state index < -0.39 is 29.2 Å². The van der Waals surface area contributed by atoms with Crippen molar-refractivity contribution in [3.05, 3.63) is 57.2 Å². The van der Waals surface area contributed by atoms with Gasteiger partial charge in [0.05, 0.1) is 16.6 Å². The summed E-state index contributed by atoms with van der Waals surface area (Å²) in [6.07, 6.45) is 1.26. The van der Waals surface area contributed by atoms with Gasteiger partial charge in [-0.2, -0.15) is 0 Å². The first-order valence-corrected chi connectivity index (χ1v) is 8.47. The predicted octanol–water partition coefficient (Wildman–Crippen LogP) is 2.20. The lowest BCUT2D eigenvalue weighted by molar-refractivity contribution is -0.118. The molecule has 2 heterocycles. The van der Waals surface area contributed by atoms with E-state index in [0.717, 1.165) is 11.3 Å². The quantitative estimate of drug-likeness (QED) is 0.730. The molecule has 0 aliphatic heterocycles. The van der Waals surface area contributed by atoms with E-state index in [1.165, 1.54) is 35.2 Å². The number of aryl methyl sites for hydroxylation is 1. The van der Waals surface area contributed by atoms with Gasteiger partial charge in [0.25, 0.3) is 11.5 Å². The Balaban J connectivity index is 1.96. The fourth-order valence-electron chi connectivity index (χ4n) is 2.55. The molecule has 9 heteroatoms. The van der Waals surface area contributed by atoms with Crippen molar-refractivity contribution in [2.45, 2.75) is 19.9 Å². The number of fused-ring (bicyclic) bond motifs is 1. The summed E-state index contributed by atoms with van der Waals surface area (Å²) in [4.78, 5) is 41.5. The van der Waals surface area contributed by atoms with E-state index in [0.29, 0.717) is 16.1 Å². The number of halogens is 1. The van der Waals surface area contributed by atoms with Crippen molar-refractivity contribution in [3.8, 4) is 0 Å². The fourth-order valence-corrected chi connectivity index (χ4v) is 3.55. The van der Waals surface area contributed by atoms with Crippen LogP contribution in [0.1, 0.15) is 28.2 Å². The lowest BCUT2D eigenvalue weighted by Gasteiger charge is -2.15. The first kappa shape index (κ1) is 17.7. The monoisotopic (exact) mass is 374 g/mol. The molecule has 0 aliphatic carbocycles. The Morgan fingerprint density at radius 1 is 1.31 bits per heavy atom. The maximum absolute atomic E-state index is 12.9. The third-order valence-corrected chi connectivity index (χ3v) is 5.22. The normalized spacial score (nSPS) is 12.1. The number of thiophene rings is 1. The van der Waals surface area contributed by atoms with Gasteiger partial charge in [0.15, 0.2) is 0 Å². The van der Waals surface area contributed by atoms with Crippen LogP contribution < -0.4 is 16.6 Å². The fraction of sp³-hybridized carbons (Fsp3) is 0.176. The Morgan fingerprint density at radius 3 is 2.58 bits per heavy atom. The lowest BCUT2D eigenvalue weighted by Crippen LogP contribution is -2.31. The van der Waals surface area contributed by atoms with Crippen LogP contribution in [0.2, 0.25) is 0 Å². The molecular formula is C17H15FN4O3S. The van der Waals surface area contributed by atoms with Crippen LogP contribution in [0.3, 0.4) is 0 Å². The van der Waals surface area contributed by atoms with E-state index >= 15 is 0 Å². The summed E-state index contributed by atoms with van der Waals surface area (Å²) in [7, 11) is 0. The minimum atomic E-state index is -0.860. The number of amides is 2. The number of benzene rings is 1. The Kier molecular flexibility index (Phi) is 4.56. The molecule has 0 radical (unpaired) electrons. The molecule has 1 atom stereocenters. The van der Waals surface area contributed by atoms with Crippen LogP contribution >= 0.6 is 11.3 Å². The van der Waals surface area contributed by atoms with Gasteiger partial charge in [0.2, 0.25) is 5.91 Å². The van der Waals surface area contributed by atoms with Crippen LogP contribution in [-0.2, 0) is 4.79 Å². The molecule has 3 N–H and O–H groups in total. The van der Waals surface area contributed by atoms with Gasteiger partial charge in [-0.1, -0.05) is 0 Å². The molecule has 7 nitrogen and oxygen atoms in total. The maximum atomic E-state index is 12.9. The first-order valence-electron chi connectivity index (χ1n) is 7.66. The minimum absolute atomic E-state index is 0.269. The maximum Gasteiger partial charge on any atom is 0.263 e. The number of nitrogens with zero attached hydrogens (tertiary/aromatic N) is 2. The summed E-state index contributed by atoms with van der Waals surface area (Å²) in [5.74, 6) is -1.50. The number of nitrogens with one attached hydrogen (secondary N) is 1. The third-order valence-electron chi connectivity index (χ3n) is 4.01. The highest BCUT2D eigenvalue weighted by atomic mass is 32.1. The van der Waals surface area contributed by atoms with Crippen molar-refractivity contribution >= 4 is 39.1 Å². The topological polar surface area (TPSA) is 107 Å². The number of anilines is 1. The molecule has 3 rings (SSSR count). The van der Waals surface area contributed by atoms with Crippen molar-refractivity contribution < 1.29 is 14.0 Å². The second-order valence-electron chi connectivity index (χ2n) is 5.73. The van der Waals surface area contributed by atoms with Crippen molar-refractivity contribution in [3.63, 3.8) is 0 Å². The summed E-state index contributed by atoms with van der Waals surface area (Å²) in [6, 6.07) is 4.43. The molecule has 0 spiro atoms. The molecule has 134 valence electrons. The van der Waals surface area contributed by atoms with E-state index in [1.807, 2.05) is 0 Å². The van der Waals surface area contributed by atoms with Gasteiger partial charge in [-0.15, -0.1) is 11.3 Å². The van der Waals surface area contributed by atoms with Gasteiger partial charge >= 0.3 is 0 Å². The van der Waals surface area contributed by atoms with Crippen molar-refractivity contribution in [2.75, 3.05) is 5.32 Å². The zero-order valence-corrected chi connectivity index (χ0v) is 14.8. The van der Waals surface area contributed by atoms with Crippen LogP contribution in [0.25, 0.3) is 10.2 Å². The molecule has 2 aromatic heterocycles. The highest BCUT2D eigenvalue weighted by Crippen LogP contribution is 2.26. The second-order valence-corrected chi connectivity index (χ2v) is 6.73. The van der Waals surface area contributed by atoms with Crippen molar-refractivity contribution in [2.24, 2.45) is 5.73 Å².